The van der Waals surface area contributed by atoms with Crippen molar-refractivity contribution in [1.82, 2.24) is 4.57 Å². The first-order valence-electron chi connectivity index (χ1n) is 5.42. The molecule has 0 unspecified atom stereocenters. The van der Waals surface area contributed by atoms with Gasteiger partial charge in [0.25, 0.3) is 12.0 Å². The van der Waals surface area contributed by atoms with Crippen molar-refractivity contribution in [3.05, 3.63) is 55.3 Å². The van der Waals surface area contributed by atoms with Crippen molar-refractivity contribution in [2.45, 2.75) is 13.0 Å². The molecule has 0 aliphatic heterocycles. The van der Waals surface area contributed by atoms with Gasteiger partial charge in [0.2, 0.25) is 0 Å². The molecule has 0 aliphatic carbocycles. The Balaban J connectivity index is 2.59. The Morgan fingerprint density at radius 1 is 1.16 bits per heavy atom. The van der Waals surface area contributed by atoms with Crippen LogP contribution in [0.5, 0.6) is 0 Å². The molecule has 0 spiro atoms. The second-order valence-corrected chi connectivity index (χ2v) is 5.48. The van der Waals surface area contributed by atoms with Gasteiger partial charge in [0.15, 0.2) is 0 Å². The van der Waals surface area contributed by atoms with Gasteiger partial charge in [0.1, 0.15) is 0 Å². The number of nitrogens with zero attached hydrogens (tertiary/aromatic N) is 1. The van der Waals surface area contributed by atoms with Gasteiger partial charge >= 0.3 is 0 Å². The molecule has 0 N–H and O–H groups in total. The smallest absolute Gasteiger partial charge is 0.264 e. The van der Waals surface area contributed by atoms with Crippen molar-refractivity contribution in [2.75, 3.05) is 0 Å². The van der Waals surface area contributed by atoms with Crippen LogP contribution in [0.2, 0.25) is 5.02 Å². The van der Waals surface area contributed by atoms with Gasteiger partial charge in [-0.15, -0.1) is 0 Å². The van der Waals surface area contributed by atoms with Crippen LogP contribution in [0.15, 0.2) is 41.2 Å². The van der Waals surface area contributed by atoms with Gasteiger partial charge in [-0.1, -0.05) is 23.7 Å². The number of hydrogen-bond acceptors (Lipinski definition) is 1. The molecule has 1 aromatic carbocycles. The Morgan fingerprint density at radius 3 is 2.37 bits per heavy atom. The van der Waals surface area contributed by atoms with Crippen molar-refractivity contribution < 1.29 is 8.78 Å². The van der Waals surface area contributed by atoms with Crippen LogP contribution < -0.4 is 5.56 Å². The van der Waals surface area contributed by atoms with Gasteiger partial charge < -0.3 is 4.57 Å². The minimum atomic E-state index is -2.58. The molecule has 2 nitrogen and oxygen atoms in total. The minimum Gasteiger partial charge on any atom is -0.302 e. The summed E-state index contributed by atoms with van der Waals surface area (Å²) in [5.41, 5.74) is 0.731. The number of alkyl halides is 2. The summed E-state index contributed by atoms with van der Waals surface area (Å²) in [6.45, 7) is -0.617. The maximum Gasteiger partial charge on any atom is 0.264 e. The van der Waals surface area contributed by atoms with Crippen molar-refractivity contribution in [3.8, 4) is 11.3 Å². The zero-order valence-corrected chi connectivity index (χ0v) is 12.5. The summed E-state index contributed by atoms with van der Waals surface area (Å²) in [6.07, 6.45) is -2.58. The first-order valence-corrected chi connectivity index (χ1v) is 6.88. The molecule has 0 fully saturated rings. The Bertz CT molecular complexity index is 640. The van der Waals surface area contributed by atoms with E-state index in [1.807, 2.05) is 22.6 Å². The number of pyridine rings is 1. The second-order valence-electron chi connectivity index (χ2n) is 3.88. The molecule has 1 aromatic heterocycles. The summed E-state index contributed by atoms with van der Waals surface area (Å²) in [5, 5.41) is 0.553. The van der Waals surface area contributed by atoms with Crippen LogP contribution in [0.3, 0.4) is 0 Å². The van der Waals surface area contributed by atoms with Gasteiger partial charge in [-0.05, 0) is 52.4 Å². The number of aromatic nitrogens is 1. The molecule has 1 heterocycles. The fourth-order valence-electron chi connectivity index (χ4n) is 1.74. The lowest BCUT2D eigenvalue weighted by molar-refractivity contribution is 0.126. The predicted molar refractivity (Wildman–Crippen MR) is 79.9 cm³/mol. The summed E-state index contributed by atoms with van der Waals surface area (Å²) in [7, 11) is 0. The first-order chi connectivity index (χ1) is 8.99. The fraction of sp³-hybridized carbons (Fsp3) is 0.154. The fourth-order valence-corrected chi connectivity index (χ4v) is 2.34. The van der Waals surface area contributed by atoms with Crippen LogP contribution in [0.4, 0.5) is 8.78 Å². The molecule has 0 saturated heterocycles. The Morgan fingerprint density at radius 2 is 1.79 bits per heavy atom. The molecule has 0 atom stereocenters. The van der Waals surface area contributed by atoms with E-state index in [-0.39, 0.29) is 0 Å². The quantitative estimate of drug-likeness (QED) is 0.719. The molecule has 2 aromatic rings. The van der Waals surface area contributed by atoms with Crippen LogP contribution in [0.1, 0.15) is 0 Å². The number of rotatable bonds is 3. The molecule has 0 amide bonds. The zero-order valence-electron chi connectivity index (χ0n) is 9.62. The minimum absolute atomic E-state index is 0.409. The maximum absolute atomic E-state index is 12.6. The summed E-state index contributed by atoms with van der Waals surface area (Å²) >= 11 is 7.63. The summed E-state index contributed by atoms with van der Waals surface area (Å²) < 4.78 is 26.7. The third-order valence-electron chi connectivity index (χ3n) is 2.59. The van der Waals surface area contributed by atoms with Crippen molar-refractivity contribution in [3.63, 3.8) is 0 Å². The standard InChI is InChI=1S/C13H9ClF2INO/c14-9-3-1-8(2-4-9)11-6-5-10(17)13(19)18(11)7-12(15)16/h1-6,12H,7H2. The van der Waals surface area contributed by atoms with Gasteiger partial charge in [-0.2, -0.15) is 0 Å². The summed E-state index contributed by atoms with van der Waals surface area (Å²) in [4.78, 5) is 12.0. The number of benzene rings is 1. The highest BCUT2D eigenvalue weighted by atomic mass is 127. The zero-order chi connectivity index (χ0) is 14.0. The highest BCUT2D eigenvalue weighted by Crippen LogP contribution is 2.21. The molecule has 19 heavy (non-hydrogen) atoms. The van der Waals surface area contributed by atoms with E-state index in [4.69, 9.17) is 11.6 Å². The molecule has 0 radical (unpaired) electrons. The normalized spacial score (nSPS) is 11.0. The number of halogens is 4. The average molecular weight is 396 g/mol. The largest absolute Gasteiger partial charge is 0.302 e. The topological polar surface area (TPSA) is 22.0 Å². The lowest BCUT2D eigenvalue weighted by Crippen LogP contribution is -2.26. The van der Waals surface area contributed by atoms with Crippen molar-refractivity contribution in [1.29, 1.82) is 0 Å². The van der Waals surface area contributed by atoms with Gasteiger partial charge in [-0.3, -0.25) is 4.79 Å². The maximum atomic E-state index is 12.6. The van der Waals surface area contributed by atoms with Crippen LogP contribution in [0.25, 0.3) is 11.3 Å². The van der Waals surface area contributed by atoms with E-state index in [2.05, 4.69) is 0 Å². The second kappa shape index (κ2) is 6.00. The molecule has 100 valence electrons. The van der Waals surface area contributed by atoms with Crippen LogP contribution in [-0.2, 0) is 6.54 Å². The summed E-state index contributed by atoms with van der Waals surface area (Å²) in [6, 6.07) is 10.00. The molecule has 2 rings (SSSR count). The highest BCUT2D eigenvalue weighted by molar-refractivity contribution is 14.1. The van der Waals surface area contributed by atoms with Gasteiger partial charge in [-0.25, -0.2) is 8.78 Å². The molecule has 0 saturated carbocycles. The van der Waals surface area contributed by atoms with E-state index >= 15 is 0 Å². The Hall–Kier alpha value is -0.950. The van der Waals surface area contributed by atoms with E-state index in [0.717, 1.165) is 4.57 Å². The molecular formula is C13H9ClF2INO. The van der Waals surface area contributed by atoms with Gasteiger partial charge in [0, 0.05) is 5.02 Å². The third kappa shape index (κ3) is 3.33. The first kappa shape index (κ1) is 14.5. The third-order valence-corrected chi connectivity index (χ3v) is 3.66. The lowest BCUT2D eigenvalue weighted by atomic mass is 10.1. The van der Waals surface area contributed by atoms with Crippen molar-refractivity contribution >= 4 is 34.2 Å². The number of hydrogen-bond donors (Lipinski definition) is 0. The monoisotopic (exact) mass is 395 g/mol. The molecule has 0 aliphatic rings. The molecule has 6 heteroatoms. The van der Waals surface area contributed by atoms with Crippen LogP contribution in [-0.4, -0.2) is 11.0 Å². The SMILES string of the molecule is O=c1c(I)ccc(-c2ccc(Cl)cc2)n1CC(F)F. The Labute approximate surface area is 127 Å². The van der Waals surface area contributed by atoms with E-state index < -0.39 is 18.5 Å². The van der Waals surface area contributed by atoms with Crippen molar-refractivity contribution in [2.24, 2.45) is 0 Å². The Kier molecular flexibility index (Phi) is 4.57. The van der Waals surface area contributed by atoms with E-state index in [1.165, 1.54) is 0 Å². The van der Waals surface area contributed by atoms with E-state index in [0.29, 0.717) is 19.9 Å². The molecule has 0 bridgehead atoms. The lowest BCUT2D eigenvalue weighted by Gasteiger charge is -2.13. The van der Waals surface area contributed by atoms with E-state index in [1.54, 1.807) is 36.4 Å². The van der Waals surface area contributed by atoms with Crippen LogP contribution >= 0.6 is 34.2 Å². The predicted octanol–water partition coefficient (Wildman–Crippen LogP) is 4.04. The highest BCUT2D eigenvalue weighted by Gasteiger charge is 2.13. The van der Waals surface area contributed by atoms with Gasteiger partial charge in [0.05, 0.1) is 15.8 Å². The van der Waals surface area contributed by atoms with E-state index in [9.17, 15) is 13.6 Å². The molecular weight excluding hydrogens is 387 g/mol. The summed E-state index contributed by atoms with van der Waals surface area (Å²) in [5.74, 6) is 0. The van der Waals surface area contributed by atoms with Crippen LogP contribution in [0, 0.1) is 3.57 Å². The average Bonchev–Trinajstić information content (AvgIpc) is 2.36.